The summed E-state index contributed by atoms with van der Waals surface area (Å²) >= 11 is 0. The highest BCUT2D eigenvalue weighted by atomic mass is 16.7. The molecule has 0 spiro atoms. The van der Waals surface area contributed by atoms with Crippen LogP contribution in [0.4, 0.5) is 17.8 Å². The lowest BCUT2D eigenvalue weighted by molar-refractivity contribution is -0.282. The molecule has 0 aromatic carbocycles. The highest BCUT2D eigenvalue weighted by molar-refractivity contribution is 5.47. The zero-order valence-corrected chi connectivity index (χ0v) is 27.9. The van der Waals surface area contributed by atoms with E-state index in [2.05, 4.69) is 89.1 Å². The number of aromatic nitrogens is 3. The van der Waals surface area contributed by atoms with Crippen LogP contribution in [0.3, 0.4) is 0 Å². The molecule has 2 heterocycles. The molecule has 0 saturated carbocycles. The molecule has 0 radical (unpaired) electrons. The van der Waals surface area contributed by atoms with Crippen LogP contribution in [0.1, 0.15) is 133 Å². The molecule has 0 atom stereocenters. The van der Waals surface area contributed by atoms with Crippen LogP contribution in [0.2, 0.25) is 0 Å². The van der Waals surface area contributed by atoms with E-state index in [-0.39, 0.29) is 11.1 Å². The van der Waals surface area contributed by atoms with Gasteiger partial charge in [-0.15, -0.1) is 0 Å². The van der Waals surface area contributed by atoms with E-state index in [0.717, 1.165) is 121 Å². The Hall–Kier alpha value is -1.67. The van der Waals surface area contributed by atoms with Crippen molar-refractivity contribution in [2.75, 3.05) is 54.5 Å². The Kier molecular flexibility index (Phi) is 14.4. The standard InChI is InChI=1S/C32H63N7O/c1-11-16-20-37(21-17-12-2)29-33-28(34-30(35-29)38(22-18-13-3)23-19-14-4)36(10)27-25-31(6,7)39(40-24-15-5)32(8,9)26-27/h27H,11-26H2,1-10H3. The van der Waals surface area contributed by atoms with Crippen LogP contribution < -0.4 is 14.7 Å². The summed E-state index contributed by atoms with van der Waals surface area (Å²) in [5.74, 6) is 2.48. The topological polar surface area (TPSA) is 60.9 Å². The third-order valence-electron chi connectivity index (χ3n) is 8.15. The molecule has 0 N–H and O–H groups in total. The summed E-state index contributed by atoms with van der Waals surface area (Å²) in [5.41, 5.74) is -0.200. The van der Waals surface area contributed by atoms with Crippen LogP contribution in [0.15, 0.2) is 0 Å². The Balaban J connectivity index is 2.51. The molecule has 0 bridgehead atoms. The van der Waals surface area contributed by atoms with Crippen molar-refractivity contribution in [3.05, 3.63) is 0 Å². The first-order valence-electron chi connectivity index (χ1n) is 16.5. The van der Waals surface area contributed by atoms with Gasteiger partial charge in [-0.3, -0.25) is 4.84 Å². The maximum absolute atomic E-state index is 6.31. The summed E-state index contributed by atoms with van der Waals surface area (Å²) in [7, 11) is 2.19. The zero-order valence-electron chi connectivity index (χ0n) is 27.9. The fraction of sp³-hybridized carbons (Fsp3) is 0.906. The van der Waals surface area contributed by atoms with E-state index in [4.69, 9.17) is 19.8 Å². The van der Waals surface area contributed by atoms with Crippen molar-refractivity contribution < 1.29 is 4.84 Å². The lowest BCUT2D eigenvalue weighted by atomic mass is 9.78. The summed E-state index contributed by atoms with van der Waals surface area (Å²) in [6.07, 6.45) is 12.2. The second-order valence-electron chi connectivity index (χ2n) is 13.0. The van der Waals surface area contributed by atoms with E-state index in [1.807, 2.05) is 0 Å². The Morgan fingerprint density at radius 3 is 1.38 bits per heavy atom. The lowest BCUT2D eigenvalue weighted by Crippen LogP contribution is -2.64. The van der Waals surface area contributed by atoms with Gasteiger partial charge in [-0.1, -0.05) is 60.3 Å². The lowest BCUT2D eigenvalue weighted by Gasteiger charge is -2.55. The van der Waals surface area contributed by atoms with Crippen LogP contribution in [-0.4, -0.2) is 77.0 Å². The fourth-order valence-electron chi connectivity index (χ4n) is 5.98. The second-order valence-corrected chi connectivity index (χ2v) is 13.0. The van der Waals surface area contributed by atoms with Gasteiger partial charge in [0.2, 0.25) is 17.8 Å². The monoisotopic (exact) mass is 562 g/mol. The van der Waals surface area contributed by atoms with Crippen molar-refractivity contribution in [1.82, 2.24) is 20.0 Å². The molecule has 1 fully saturated rings. The molecule has 0 aliphatic carbocycles. The number of hydrogen-bond donors (Lipinski definition) is 0. The first kappa shape index (κ1) is 34.5. The predicted octanol–water partition coefficient (Wildman–Crippen LogP) is 7.48. The summed E-state index contributed by atoms with van der Waals surface area (Å²) in [6.45, 7) is 25.1. The average molecular weight is 562 g/mol. The first-order valence-corrected chi connectivity index (χ1v) is 16.5. The fourth-order valence-corrected chi connectivity index (χ4v) is 5.98. The van der Waals surface area contributed by atoms with Crippen molar-refractivity contribution in [1.29, 1.82) is 0 Å². The van der Waals surface area contributed by atoms with Crippen LogP contribution >= 0.6 is 0 Å². The molecule has 232 valence electrons. The number of nitrogens with zero attached hydrogens (tertiary/aromatic N) is 7. The van der Waals surface area contributed by atoms with Crippen LogP contribution in [0.25, 0.3) is 0 Å². The third-order valence-corrected chi connectivity index (χ3v) is 8.15. The number of piperidine rings is 1. The van der Waals surface area contributed by atoms with Crippen molar-refractivity contribution in [2.45, 2.75) is 150 Å². The minimum absolute atomic E-state index is 0.100. The molecule has 1 aliphatic heterocycles. The van der Waals surface area contributed by atoms with Gasteiger partial charge in [0.05, 0.1) is 6.61 Å². The summed E-state index contributed by atoms with van der Waals surface area (Å²) < 4.78 is 0. The smallest absolute Gasteiger partial charge is 0.231 e. The predicted molar refractivity (Wildman–Crippen MR) is 172 cm³/mol. The van der Waals surface area contributed by atoms with Gasteiger partial charge in [-0.25, -0.2) is 0 Å². The maximum atomic E-state index is 6.31. The van der Waals surface area contributed by atoms with E-state index in [9.17, 15) is 0 Å². The number of unbranched alkanes of at least 4 members (excludes halogenated alkanes) is 4. The van der Waals surface area contributed by atoms with Crippen LogP contribution in [0.5, 0.6) is 0 Å². The van der Waals surface area contributed by atoms with Crippen molar-refractivity contribution in [3.8, 4) is 0 Å². The molecule has 8 heteroatoms. The molecule has 2 rings (SSSR count). The Morgan fingerprint density at radius 2 is 1.02 bits per heavy atom. The second kappa shape index (κ2) is 16.7. The van der Waals surface area contributed by atoms with Gasteiger partial charge >= 0.3 is 0 Å². The highest BCUT2D eigenvalue weighted by Gasteiger charge is 2.48. The van der Waals surface area contributed by atoms with Crippen LogP contribution in [-0.2, 0) is 4.84 Å². The van der Waals surface area contributed by atoms with Gasteiger partial charge in [0.1, 0.15) is 0 Å². The summed E-state index contributed by atoms with van der Waals surface area (Å²) in [6, 6.07) is 0.300. The molecule has 1 aromatic rings. The molecule has 8 nitrogen and oxygen atoms in total. The molecule has 1 aliphatic rings. The SMILES string of the molecule is CCCCN(CCCC)c1nc(N(CCCC)CCCC)nc(N(C)C2CC(C)(C)N(OCCC)C(C)(C)C2)n1. The van der Waals surface area contributed by atoms with E-state index in [1.54, 1.807) is 0 Å². The van der Waals surface area contributed by atoms with Gasteiger partial charge in [0.25, 0.3) is 0 Å². The Labute approximate surface area is 247 Å². The summed E-state index contributed by atoms with van der Waals surface area (Å²) in [5, 5.41) is 2.26. The Bertz CT molecular complexity index is 774. The molecule has 0 amide bonds. The highest BCUT2D eigenvalue weighted by Crippen LogP contribution is 2.41. The molecular formula is C32H63N7O. The minimum Gasteiger partial charge on any atom is -0.341 e. The van der Waals surface area contributed by atoms with E-state index in [0.29, 0.717) is 6.04 Å². The van der Waals surface area contributed by atoms with Crippen molar-refractivity contribution >= 4 is 17.8 Å². The molecule has 1 saturated heterocycles. The quantitative estimate of drug-likeness (QED) is 0.172. The molecule has 0 unspecified atom stereocenters. The molecule has 40 heavy (non-hydrogen) atoms. The number of hydrogen-bond acceptors (Lipinski definition) is 8. The Morgan fingerprint density at radius 1 is 0.650 bits per heavy atom. The summed E-state index contributed by atoms with van der Waals surface area (Å²) in [4.78, 5) is 29.0. The largest absolute Gasteiger partial charge is 0.341 e. The maximum Gasteiger partial charge on any atom is 0.231 e. The number of rotatable bonds is 19. The molecular weight excluding hydrogens is 498 g/mol. The number of anilines is 3. The van der Waals surface area contributed by atoms with E-state index in [1.165, 1.54) is 0 Å². The van der Waals surface area contributed by atoms with E-state index >= 15 is 0 Å². The normalized spacial score (nSPS) is 17.2. The molecule has 1 aromatic heterocycles. The van der Waals surface area contributed by atoms with Gasteiger partial charge in [-0.05, 0) is 72.6 Å². The van der Waals surface area contributed by atoms with Crippen molar-refractivity contribution in [2.24, 2.45) is 0 Å². The average Bonchev–Trinajstić information content (AvgIpc) is 2.91. The van der Waals surface area contributed by atoms with Crippen LogP contribution in [0, 0.1) is 0 Å². The van der Waals surface area contributed by atoms with Gasteiger partial charge in [0, 0.05) is 50.3 Å². The van der Waals surface area contributed by atoms with E-state index < -0.39 is 0 Å². The van der Waals surface area contributed by atoms with Gasteiger partial charge in [0.15, 0.2) is 0 Å². The zero-order chi connectivity index (χ0) is 29.8. The first-order chi connectivity index (χ1) is 19.0. The number of hydroxylamine groups is 2. The third kappa shape index (κ3) is 9.71. The van der Waals surface area contributed by atoms with Gasteiger partial charge in [-0.2, -0.15) is 20.0 Å². The van der Waals surface area contributed by atoms with Crippen molar-refractivity contribution in [3.63, 3.8) is 0 Å². The van der Waals surface area contributed by atoms with Gasteiger partial charge < -0.3 is 14.7 Å². The minimum atomic E-state index is -0.100.